The monoisotopic (exact) mass is 623 g/mol. The molecule has 0 bridgehead atoms. The summed E-state index contributed by atoms with van der Waals surface area (Å²) in [6.07, 6.45) is -4.21. The van der Waals surface area contributed by atoms with E-state index in [9.17, 15) is 22.8 Å². The highest BCUT2D eigenvalue weighted by Gasteiger charge is 2.30. The summed E-state index contributed by atoms with van der Waals surface area (Å²) in [6, 6.07) is 26.0. The second kappa shape index (κ2) is 12.9. The van der Waals surface area contributed by atoms with E-state index in [1.165, 1.54) is 30.6 Å². The van der Waals surface area contributed by atoms with E-state index < -0.39 is 23.8 Å². The molecule has 0 unspecified atom stereocenters. The van der Waals surface area contributed by atoms with Crippen LogP contribution in [0.2, 0.25) is 5.02 Å². The maximum Gasteiger partial charge on any atom is 0.416 e. The molecule has 1 amide bonds. The number of carbonyl (C=O) groups is 2. The molecule has 0 saturated carbocycles. The lowest BCUT2D eigenvalue weighted by Gasteiger charge is -2.16. The average molecular weight is 624 g/mol. The molecule has 1 N–H and O–H groups in total. The molecule has 0 aliphatic heterocycles. The number of amides is 1. The number of nitrogens with one attached hydrogen (secondary N) is 1. The smallest absolute Gasteiger partial charge is 0.416 e. The van der Waals surface area contributed by atoms with Crippen LogP contribution in [-0.2, 0) is 28.7 Å². The first-order chi connectivity index (χ1) is 20.6. The van der Waals surface area contributed by atoms with Gasteiger partial charge in [0, 0.05) is 16.1 Å². The molecule has 5 aromatic rings. The summed E-state index contributed by atoms with van der Waals surface area (Å²) in [7, 11) is 1.26. The van der Waals surface area contributed by atoms with Crippen LogP contribution < -0.4 is 10.1 Å². The van der Waals surface area contributed by atoms with Crippen LogP contribution in [0.3, 0.4) is 0 Å². The molecule has 0 fully saturated rings. The van der Waals surface area contributed by atoms with Gasteiger partial charge in [-0.1, -0.05) is 54.1 Å². The molecule has 10 heteroatoms. The third kappa shape index (κ3) is 7.55. The Labute approximate surface area is 254 Å². The Kier molecular flexibility index (Phi) is 9.03. The molecule has 1 aromatic heterocycles. The van der Waals surface area contributed by atoms with E-state index in [-0.39, 0.29) is 18.9 Å². The van der Waals surface area contributed by atoms with Gasteiger partial charge in [0.1, 0.15) is 18.4 Å². The van der Waals surface area contributed by atoms with Crippen molar-refractivity contribution in [2.45, 2.75) is 25.2 Å². The number of halogens is 4. The van der Waals surface area contributed by atoms with Crippen LogP contribution in [0.5, 0.6) is 5.75 Å². The molecular weight excluding hydrogens is 599 g/mol. The molecule has 5 nitrogen and oxygen atoms in total. The first kappa shape index (κ1) is 30.1. The third-order valence-corrected chi connectivity index (χ3v) is 8.13. The van der Waals surface area contributed by atoms with Crippen molar-refractivity contribution >= 4 is 44.9 Å². The molecule has 5 rings (SSSR count). The fourth-order valence-corrected chi connectivity index (χ4v) is 5.53. The van der Waals surface area contributed by atoms with Gasteiger partial charge in [0.25, 0.3) is 5.91 Å². The highest BCUT2D eigenvalue weighted by atomic mass is 35.5. The van der Waals surface area contributed by atoms with Gasteiger partial charge in [0.2, 0.25) is 0 Å². The Morgan fingerprint density at radius 1 is 0.860 bits per heavy atom. The van der Waals surface area contributed by atoms with E-state index in [0.29, 0.717) is 21.2 Å². The summed E-state index contributed by atoms with van der Waals surface area (Å²) < 4.78 is 49.9. The molecule has 0 spiro atoms. The highest BCUT2D eigenvalue weighted by molar-refractivity contribution is 7.20. The summed E-state index contributed by atoms with van der Waals surface area (Å²) in [4.78, 5) is 26.2. The number of thiophene rings is 1. The number of benzene rings is 4. The molecule has 43 heavy (non-hydrogen) atoms. The zero-order valence-corrected chi connectivity index (χ0v) is 24.4. The number of alkyl halides is 3. The Balaban J connectivity index is 1.22. The van der Waals surface area contributed by atoms with Gasteiger partial charge in [-0.2, -0.15) is 13.2 Å². The quantitative estimate of drug-likeness (QED) is 0.168. The van der Waals surface area contributed by atoms with E-state index in [2.05, 4.69) is 5.32 Å². The van der Waals surface area contributed by atoms with Gasteiger partial charge in [-0.05, 0) is 82.2 Å². The second-order valence-corrected chi connectivity index (χ2v) is 11.3. The summed E-state index contributed by atoms with van der Waals surface area (Å²) in [5.41, 5.74) is 2.62. The summed E-state index contributed by atoms with van der Waals surface area (Å²) >= 11 is 7.33. The third-order valence-electron chi connectivity index (χ3n) is 6.76. The van der Waals surface area contributed by atoms with E-state index in [1.54, 1.807) is 30.3 Å². The lowest BCUT2D eigenvalue weighted by Crippen LogP contribution is -2.42. The largest absolute Gasteiger partial charge is 0.489 e. The number of methoxy groups -OCH3 is 1. The molecule has 1 heterocycles. The van der Waals surface area contributed by atoms with Crippen LogP contribution >= 0.6 is 22.9 Å². The Morgan fingerprint density at radius 3 is 2.16 bits per heavy atom. The van der Waals surface area contributed by atoms with Crippen molar-refractivity contribution in [3.8, 4) is 16.9 Å². The predicted molar refractivity (Wildman–Crippen MR) is 161 cm³/mol. The van der Waals surface area contributed by atoms with E-state index in [4.69, 9.17) is 21.1 Å². The minimum atomic E-state index is -4.39. The van der Waals surface area contributed by atoms with E-state index in [0.717, 1.165) is 38.9 Å². The summed E-state index contributed by atoms with van der Waals surface area (Å²) in [6.45, 7) is 0.0920. The maximum absolute atomic E-state index is 13.2. The van der Waals surface area contributed by atoms with Gasteiger partial charge < -0.3 is 14.8 Å². The summed E-state index contributed by atoms with van der Waals surface area (Å²) in [5.74, 6) is -0.464. The first-order valence-corrected chi connectivity index (χ1v) is 14.3. The van der Waals surface area contributed by atoms with Crippen molar-refractivity contribution in [1.82, 2.24) is 5.32 Å². The van der Waals surface area contributed by atoms with Gasteiger partial charge in [-0.25, -0.2) is 4.79 Å². The van der Waals surface area contributed by atoms with Gasteiger partial charge in [-0.15, -0.1) is 11.3 Å². The molecule has 0 aliphatic rings. The minimum absolute atomic E-state index is 0.0920. The predicted octanol–water partition coefficient (Wildman–Crippen LogP) is 8.33. The Bertz CT molecular complexity index is 1730. The highest BCUT2D eigenvalue weighted by Crippen LogP contribution is 2.31. The van der Waals surface area contributed by atoms with Crippen molar-refractivity contribution in [2.24, 2.45) is 0 Å². The van der Waals surface area contributed by atoms with Crippen molar-refractivity contribution < 1.29 is 32.2 Å². The van der Waals surface area contributed by atoms with Crippen LogP contribution in [0.15, 0.2) is 97.1 Å². The molecule has 0 aliphatic carbocycles. The number of hydrogen-bond donors (Lipinski definition) is 1. The van der Waals surface area contributed by atoms with Crippen molar-refractivity contribution in [2.75, 3.05) is 7.11 Å². The van der Waals surface area contributed by atoms with E-state index >= 15 is 0 Å². The SMILES string of the molecule is COC(=O)[C@H](Cc1ccc(OCc2ccc(C(F)(F)F)cc2)cc1)NC(=O)c1cc2cc(-c3ccc(Cl)cc3)ccc2s1. The fourth-order valence-electron chi connectivity index (χ4n) is 4.46. The zero-order valence-electron chi connectivity index (χ0n) is 22.8. The van der Waals surface area contributed by atoms with Gasteiger partial charge in [0.05, 0.1) is 17.6 Å². The summed E-state index contributed by atoms with van der Waals surface area (Å²) in [5, 5.41) is 4.35. The molecule has 1 atom stereocenters. The van der Waals surface area contributed by atoms with Gasteiger partial charge in [0.15, 0.2) is 0 Å². The van der Waals surface area contributed by atoms with Crippen LogP contribution in [0.4, 0.5) is 13.2 Å². The van der Waals surface area contributed by atoms with Gasteiger partial charge in [-0.3, -0.25) is 4.79 Å². The Hall–Kier alpha value is -4.34. The molecule has 220 valence electrons. The number of esters is 1. The van der Waals surface area contributed by atoms with Crippen LogP contribution in [0.1, 0.15) is 26.4 Å². The van der Waals surface area contributed by atoms with Crippen LogP contribution in [0, 0.1) is 0 Å². The lowest BCUT2D eigenvalue weighted by molar-refractivity contribution is -0.143. The maximum atomic E-state index is 13.2. The van der Waals surface area contributed by atoms with Crippen molar-refractivity contribution in [1.29, 1.82) is 0 Å². The average Bonchev–Trinajstić information content (AvgIpc) is 3.44. The first-order valence-electron chi connectivity index (χ1n) is 13.1. The topological polar surface area (TPSA) is 64.6 Å². The number of rotatable bonds is 9. The van der Waals surface area contributed by atoms with Crippen molar-refractivity contribution in [3.63, 3.8) is 0 Å². The minimum Gasteiger partial charge on any atom is -0.489 e. The lowest BCUT2D eigenvalue weighted by atomic mass is 10.0. The second-order valence-electron chi connectivity index (χ2n) is 9.75. The zero-order chi connectivity index (χ0) is 30.6. The standard InChI is InChI=1S/C33H25ClF3NO4S/c1-41-32(40)28(16-20-4-13-27(14-5-20)42-19-21-2-9-25(10-3-21)33(35,36)37)38-31(39)30-18-24-17-23(8-15-29(24)43-30)22-6-11-26(34)12-7-22/h2-15,17-18,28H,16,19H2,1H3,(H,38,39)/t28-/m0/s1. The van der Waals surface area contributed by atoms with Crippen molar-refractivity contribution in [3.05, 3.63) is 124 Å². The molecule has 0 saturated heterocycles. The Morgan fingerprint density at radius 2 is 1.51 bits per heavy atom. The number of hydrogen-bond acceptors (Lipinski definition) is 5. The molecule has 0 radical (unpaired) electrons. The van der Waals surface area contributed by atoms with Gasteiger partial charge >= 0.3 is 12.1 Å². The van der Waals surface area contributed by atoms with Crippen LogP contribution in [-0.4, -0.2) is 25.0 Å². The normalized spacial score (nSPS) is 12.1. The van der Waals surface area contributed by atoms with E-state index in [1.807, 2.05) is 42.5 Å². The fraction of sp³-hybridized carbons (Fsp3) is 0.152. The number of carbonyl (C=O) groups excluding carboxylic acids is 2. The molecule has 4 aromatic carbocycles. The number of ether oxygens (including phenoxy) is 2. The van der Waals surface area contributed by atoms with Crippen LogP contribution in [0.25, 0.3) is 21.2 Å². The number of fused-ring (bicyclic) bond motifs is 1. The molecular formula is C33H25ClF3NO4S.